The van der Waals surface area contributed by atoms with Crippen molar-refractivity contribution >= 4 is 39.1 Å². The van der Waals surface area contributed by atoms with Crippen LogP contribution in [0, 0.1) is 0 Å². The molecule has 0 atom stereocenters. The minimum absolute atomic E-state index is 0.271. The third-order valence-corrected chi connectivity index (χ3v) is 4.41. The molecule has 0 fully saturated rings. The lowest BCUT2D eigenvalue weighted by atomic mass is 9.93. The minimum Gasteiger partial charge on any atom is -0.478 e. The molecule has 4 aromatic rings. The molecule has 3 aromatic carbocycles. The maximum Gasteiger partial charge on any atom is 0.335 e. The van der Waals surface area contributed by atoms with Gasteiger partial charge in [0.2, 0.25) is 0 Å². The average molecular weight is 334 g/mol. The highest BCUT2D eigenvalue weighted by atomic mass is 35.5. The Balaban J connectivity index is 2.10. The molecule has 4 heteroatoms. The van der Waals surface area contributed by atoms with Crippen molar-refractivity contribution < 1.29 is 9.90 Å². The summed E-state index contributed by atoms with van der Waals surface area (Å²) in [4.78, 5) is 15.5. The molecule has 1 aromatic heterocycles. The first-order valence-corrected chi connectivity index (χ1v) is 7.81. The predicted octanol–water partition coefficient (Wildman–Crippen LogP) is 5.41. The molecule has 116 valence electrons. The van der Waals surface area contributed by atoms with Gasteiger partial charge in [0, 0.05) is 22.8 Å². The fourth-order valence-electron chi connectivity index (χ4n) is 3.01. The molecule has 0 amide bonds. The highest BCUT2D eigenvalue weighted by molar-refractivity contribution is 6.30. The monoisotopic (exact) mass is 333 g/mol. The standard InChI is InChI=1S/C20H12ClNO2/c21-15-4-1-12(2-5-15)18-10-14-9-13(20(23)24)3-6-16(14)19-11-22-8-7-17(18)19/h1-11H,(H,23,24). The zero-order valence-corrected chi connectivity index (χ0v) is 13.3. The van der Waals surface area contributed by atoms with Gasteiger partial charge in [0.1, 0.15) is 0 Å². The highest BCUT2D eigenvalue weighted by Gasteiger charge is 2.11. The molecule has 0 radical (unpaired) electrons. The molecule has 0 aliphatic carbocycles. The van der Waals surface area contributed by atoms with Crippen molar-refractivity contribution in [3.63, 3.8) is 0 Å². The first-order chi connectivity index (χ1) is 11.6. The van der Waals surface area contributed by atoms with Gasteiger partial charge in [-0.25, -0.2) is 4.79 Å². The van der Waals surface area contributed by atoms with Crippen LogP contribution in [0.1, 0.15) is 10.4 Å². The van der Waals surface area contributed by atoms with Gasteiger partial charge in [-0.3, -0.25) is 4.98 Å². The van der Waals surface area contributed by atoms with E-state index in [0.29, 0.717) is 5.02 Å². The average Bonchev–Trinajstić information content (AvgIpc) is 2.61. The molecular weight excluding hydrogens is 322 g/mol. The summed E-state index contributed by atoms with van der Waals surface area (Å²) in [6.07, 6.45) is 3.58. The van der Waals surface area contributed by atoms with Crippen LogP contribution in [0.25, 0.3) is 32.7 Å². The van der Waals surface area contributed by atoms with Crippen molar-refractivity contribution in [2.45, 2.75) is 0 Å². The lowest BCUT2D eigenvalue weighted by Gasteiger charge is -2.11. The van der Waals surface area contributed by atoms with E-state index < -0.39 is 5.97 Å². The summed E-state index contributed by atoms with van der Waals surface area (Å²) in [6, 6.07) is 16.8. The van der Waals surface area contributed by atoms with E-state index in [0.717, 1.165) is 32.7 Å². The SMILES string of the molecule is O=C(O)c1ccc2c(c1)cc(-c1ccc(Cl)cc1)c1ccncc12. The molecule has 0 aliphatic heterocycles. The van der Waals surface area contributed by atoms with Gasteiger partial charge < -0.3 is 5.11 Å². The quantitative estimate of drug-likeness (QED) is 0.499. The second-order valence-corrected chi connectivity index (χ2v) is 6.03. The molecule has 4 rings (SSSR count). The Kier molecular flexibility index (Phi) is 3.44. The Morgan fingerprint density at radius 2 is 1.71 bits per heavy atom. The smallest absolute Gasteiger partial charge is 0.335 e. The van der Waals surface area contributed by atoms with E-state index in [-0.39, 0.29) is 5.56 Å². The van der Waals surface area contributed by atoms with Crippen molar-refractivity contribution in [1.29, 1.82) is 0 Å². The molecule has 0 spiro atoms. The van der Waals surface area contributed by atoms with E-state index in [1.165, 1.54) is 0 Å². The number of fused-ring (bicyclic) bond motifs is 3. The van der Waals surface area contributed by atoms with Crippen LogP contribution in [0.4, 0.5) is 0 Å². The zero-order valence-electron chi connectivity index (χ0n) is 12.5. The van der Waals surface area contributed by atoms with Gasteiger partial charge in [0.05, 0.1) is 5.56 Å². The van der Waals surface area contributed by atoms with Crippen molar-refractivity contribution in [3.8, 4) is 11.1 Å². The number of hydrogen-bond donors (Lipinski definition) is 1. The molecule has 0 bridgehead atoms. The zero-order chi connectivity index (χ0) is 16.7. The number of benzene rings is 3. The molecule has 0 aliphatic rings. The van der Waals surface area contributed by atoms with Crippen LogP contribution in [0.2, 0.25) is 5.02 Å². The highest BCUT2D eigenvalue weighted by Crippen LogP contribution is 2.35. The first kappa shape index (κ1) is 14.7. The normalized spacial score (nSPS) is 11.0. The Labute approximate surface area is 143 Å². The lowest BCUT2D eigenvalue weighted by molar-refractivity contribution is 0.0697. The Morgan fingerprint density at radius 3 is 2.46 bits per heavy atom. The van der Waals surface area contributed by atoms with Crippen molar-refractivity contribution in [2.75, 3.05) is 0 Å². The lowest BCUT2D eigenvalue weighted by Crippen LogP contribution is -1.95. The maximum atomic E-state index is 11.3. The molecule has 0 saturated carbocycles. The van der Waals surface area contributed by atoms with Gasteiger partial charge in [-0.2, -0.15) is 0 Å². The molecule has 1 N–H and O–H groups in total. The summed E-state index contributed by atoms with van der Waals surface area (Å²) >= 11 is 5.99. The van der Waals surface area contributed by atoms with E-state index in [1.54, 1.807) is 18.3 Å². The number of carboxylic acid groups (broad SMARTS) is 1. The summed E-state index contributed by atoms with van der Waals surface area (Å²) in [5, 5.41) is 13.9. The first-order valence-electron chi connectivity index (χ1n) is 7.43. The molecule has 1 heterocycles. The number of carboxylic acids is 1. The largest absolute Gasteiger partial charge is 0.478 e. The number of hydrogen-bond acceptors (Lipinski definition) is 2. The van der Waals surface area contributed by atoms with Gasteiger partial charge in [-0.05, 0) is 63.7 Å². The number of nitrogens with zero attached hydrogens (tertiary/aromatic N) is 1. The topological polar surface area (TPSA) is 50.2 Å². The van der Waals surface area contributed by atoms with Crippen LogP contribution in [-0.2, 0) is 0 Å². The molecule has 3 nitrogen and oxygen atoms in total. The van der Waals surface area contributed by atoms with Crippen molar-refractivity contribution in [1.82, 2.24) is 4.98 Å². The van der Waals surface area contributed by atoms with Crippen molar-refractivity contribution in [2.24, 2.45) is 0 Å². The summed E-state index contributed by atoms with van der Waals surface area (Å²) in [5.41, 5.74) is 2.32. The second-order valence-electron chi connectivity index (χ2n) is 5.59. The maximum absolute atomic E-state index is 11.3. The van der Waals surface area contributed by atoms with Crippen LogP contribution in [0.15, 0.2) is 67.0 Å². The Bertz CT molecular complexity index is 1090. The predicted molar refractivity (Wildman–Crippen MR) is 96.7 cm³/mol. The molecular formula is C20H12ClNO2. The molecule has 24 heavy (non-hydrogen) atoms. The van der Waals surface area contributed by atoms with E-state index in [1.807, 2.05) is 48.7 Å². The van der Waals surface area contributed by atoms with Gasteiger partial charge in [-0.1, -0.05) is 29.8 Å². The fraction of sp³-hybridized carbons (Fsp3) is 0. The Hall–Kier alpha value is -2.91. The Morgan fingerprint density at radius 1 is 0.917 bits per heavy atom. The fourth-order valence-corrected chi connectivity index (χ4v) is 3.13. The van der Waals surface area contributed by atoms with Gasteiger partial charge in [-0.15, -0.1) is 0 Å². The summed E-state index contributed by atoms with van der Waals surface area (Å²) in [5.74, 6) is -0.934. The number of carbonyl (C=O) groups is 1. The van der Waals surface area contributed by atoms with E-state index in [9.17, 15) is 9.90 Å². The third kappa shape index (κ3) is 2.39. The number of halogens is 1. The summed E-state index contributed by atoms with van der Waals surface area (Å²) in [6.45, 7) is 0. The van der Waals surface area contributed by atoms with Crippen LogP contribution < -0.4 is 0 Å². The minimum atomic E-state index is -0.934. The van der Waals surface area contributed by atoms with Gasteiger partial charge in [0.15, 0.2) is 0 Å². The van der Waals surface area contributed by atoms with Crippen molar-refractivity contribution in [3.05, 3.63) is 77.6 Å². The number of rotatable bonds is 2. The van der Waals surface area contributed by atoms with E-state index in [2.05, 4.69) is 4.98 Å². The number of aromatic nitrogens is 1. The van der Waals surface area contributed by atoms with E-state index >= 15 is 0 Å². The van der Waals surface area contributed by atoms with Gasteiger partial charge >= 0.3 is 5.97 Å². The van der Waals surface area contributed by atoms with Crippen LogP contribution >= 0.6 is 11.6 Å². The molecule has 0 saturated heterocycles. The van der Waals surface area contributed by atoms with Crippen LogP contribution in [0.5, 0.6) is 0 Å². The summed E-state index contributed by atoms with van der Waals surface area (Å²) in [7, 11) is 0. The van der Waals surface area contributed by atoms with Crippen LogP contribution in [-0.4, -0.2) is 16.1 Å². The van der Waals surface area contributed by atoms with Gasteiger partial charge in [0.25, 0.3) is 0 Å². The second kappa shape index (κ2) is 5.62. The summed E-state index contributed by atoms with van der Waals surface area (Å²) < 4.78 is 0. The van der Waals surface area contributed by atoms with Crippen LogP contribution in [0.3, 0.4) is 0 Å². The third-order valence-electron chi connectivity index (χ3n) is 4.15. The number of aromatic carboxylic acids is 1. The molecule has 0 unspecified atom stereocenters. The number of pyridine rings is 1. The van der Waals surface area contributed by atoms with E-state index in [4.69, 9.17) is 11.6 Å².